The molecule has 0 amide bonds. The summed E-state index contributed by atoms with van der Waals surface area (Å²) in [5.41, 5.74) is 0.524. The topological polar surface area (TPSA) is 57.8 Å². The van der Waals surface area contributed by atoms with E-state index < -0.39 is 5.60 Å². The highest BCUT2D eigenvalue weighted by Gasteiger charge is 2.31. The van der Waals surface area contributed by atoms with Gasteiger partial charge in [0.25, 0.3) is 5.56 Å². The summed E-state index contributed by atoms with van der Waals surface area (Å²) in [7, 11) is 0. The van der Waals surface area contributed by atoms with Crippen LogP contribution in [0.15, 0.2) is 29.2 Å². The first-order valence-electron chi connectivity index (χ1n) is 6.56. The molecule has 1 saturated heterocycles. The minimum atomic E-state index is -0.639. The van der Waals surface area contributed by atoms with Gasteiger partial charge in [-0.1, -0.05) is 11.6 Å². The summed E-state index contributed by atoms with van der Waals surface area (Å²) in [6, 6.07) is 4.97. The maximum absolute atomic E-state index is 12.0. The number of nitrogens with zero attached hydrogens (tertiary/aromatic N) is 3. The van der Waals surface area contributed by atoms with Crippen LogP contribution in [0.5, 0.6) is 0 Å². The summed E-state index contributed by atoms with van der Waals surface area (Å²) in [6.07, 6.45) is 2.31. The molecule has 3 rings (SSSR count). The monoisotopic (exact) mass is 293 g/mol. The molecule has 1 atom stereocenters. The summed E-state index contributed by atoms with van der Waals surface area (Å²) in [4.78, 5) is 18.6. The predicted molar refractivity (Wildman–Crippen MR) is 77.0 cm³/mol. The van der Waals surface area contributed by atoms with Gasteiger partial charge >= 0.3 is 0 Å². The van der Waals surface area contributed by atoms with Crippen LogP contribution >= 0.6 is 11.6 Å². The Morgan fingerprint density at radius 2 is 2.30 bits per heavy atom. The summed E-state index contributed by atoms with van der Waals surface area (Å²) in [5.74, 6) is 0. The first-order chi connectivity index (χ1) is 9.43. The molecule has 0 aliphatic carbocycles. The number of likely N-dealkylation sites (tertiary alicyclic amines) is 1. The fourth-order valence-corrected chi connectivity index (χ4v) is 2.77. The number of pyridine rings is 1. The Bertz CT molecular complexity index is 711. The van der Waals surface area contributed by atoms with Gasteiger partial charge in [-0.3, -0.25) is 14.1 Å². The van der Waals surface area contributed by atoms with Crippen molar-refractivity contribution in [2.45, 2.75) is 25.5 Å². The van der Waals surface area contributed by atoms with Gasteiger partial charge in [0, 0.05) is 31.9 Å². The molecule has 20 heavy (non-hydrogen) atoms. The van der Waals surface area contributed by atoms with E-state index in [1.807, 2.05) is 6.92 Å². The number of β-amino-alcohol motifs (C(OH)–C–C–N with tert-alkyl or cyclic N) is 1. The molecule has 5 nitrogen and oxygen atoms in total. The van der Waals surface area contributed by atoms with E-state index in [4.69, 9.17) is 11.6 Å². The number of fused-ring (bicyclic) bond motifs is 1. The number of halogens is 1. The maximum atomic E-state index is 12.0. The number of hydrogen-bond donors (Lipinski definition) is 1. The molecular formula is C14H16ClN3O2. The van der Waals surface area contributed by atoms with Crippen molar-refractivity contribution in [1.82, 2.24) is 14.3 Å². The molecule has 0 aromatic carbocycles. The number of hydrogen-bond acceptors (Lipinski definition) is 4. The van der Waals surface area contributed by atoms with E-state index in [1.165, 1.54) is 10.5 Å². The van der Waals surface area contributed by atoms with Crippen molar-refractivity contribution in [3.63, 3.8) is 0 Å². The van der Waals surface area contributed by atoms with Crippen LogP contribution in [0.1, 0.15) is 19.0 Å². The van der Waals surface area contributed by atoms with E-state index in [1.54, 1.807) is 18.3 Å². The van der Waals surface area contributed by atoms with Crippen LogP contribution < -0.4 is 5.56 Å². The van der Waals surface area contributed by atoms with Gasteiger partial charge in [0.2, 0.25) is 0 Å². The molecule has 1 unspecified atom stereocenters. The van der Waals surface area contributed by atoms with Crippen molar-refractivity contribution < 1.29 is 5.11 Å². The van der Waals surface area contributed by atoms with E-state index in [0.29, 0.717) is 23.8 Å². The quantitative estimate of drug-likeness (QED) is 0.907. The van der Waals surface area contributed by atoms with Gasteiger partial charge in [0.05, 0.1) is 16.3 Å². The second kappa shape index (κ2) is 4.84. The molecule has 1 aliphatic rings. The Morgan fingerprint density at radius 1 is 1.50 bits per heavy atom. The van der Waals surface area contributed by atoms with E-state index >= 15 is 0 Å². The van der Waals surface area contributed by atoms with Crippen molar-refractivity contribution in [3.8, 4) is 0 Å². The number of aromatic nitrogens is 2. The second-order valence-electron chi connectivity index (χ2n) is 5.62. The highest BCUT2D eigenvalue weighted by Crippen LogP contribution is 2.21. The number of aliphatic hydroxyl groups is 1. The van der Waals surface area contributed by atoms with Crippen molar-refractivity contribution in [2.75, 3.05) is 13.1 Å². The van der Waals surface area contributed by atoms with Gasteiger partial charge in [-0.15, -0.1) is 0 Å². The zero-order valence-corrected chi connectivity index (χ0v) is 12.0. The van der Waals surface area contributed by atoms with Gasteiger partial charge in [-0.05, 0) is 25.5 Å². The van der Waals surface area contributed by atoms with Crippen molar-refractivity contribution in [2.24, 2.45) is 0 Å². The lowest BCUT2D eigenvalue weighted by molar-refractivity contribution is 0.0677. The van der Waals surface area contributed by atoms with E-state index in [-0.39, 0.29) is 5.56 Å². The summed E-state index contributed by atoms with van der Waals surface area (Å²) in [6.45, 7) is 3.82. The zero-order chi connectivity index (χ0) is 14.3. The third-order valence-corrected chi connectivity index (χ3v) is 3.82. The first-order valence-corrected chi connectivity index (χ1v) is 6.93. The smallest absolute Gasteiger partial charge is 0.258 e. The largest absolute Gasteiger partial charge is 0.389 e. The fourth-order valence-electron chi connectivity index (χ4n) is 2.61. The second-order valence-corrected chi connectivity index (χ2v) is 6.06. The molecule has 1 aliphatic heterocycles. The minimum Gasteiger partial charge on any atom is -0.389 e. The Kier molecular flexibility index (Phi) is 3.28. The molecule has 0 spiro atoms. The van der Waals surface area contributed by atoms with Crippen LogP contribution in [0.25, 0.3) is 5.65 Å². The molecule has 0 bridgehead atoms. The minimum absolute atomic E-state index is 0.140. The van der Waals surface area contributed by atoms with Gasteiger partial charge < -0.3 is 5.11 Å². The van der Waals surface area contributed by atoms with Crippen LogP contribution in [0.4, 0.5) is 0 Å². The molecule has 106 valence electrons. The molecule has 3 heterocycles. The van der Waals surface area contributed by atoms with Crippen LogP contribution in [0.2, 0.25) is 5.02 Å². The Morgan fingerprint density at radius 3 is 3.00 bits per heavy atom. The predicted octanol–water partition coefficient (Wildman–Crippen LogP) is 1.30. The standard InChI is InChI=1S/C14H16ClN3O2/c1-14(20)4-5-17(9-14)8-11-6-13(19)18-7-10(15)2-3-12(18)16-11/h2-3,6-7,20H,4-5,8-9H2,1H3. The highest BCUT2D eigenvalue weighted by molar-refractivity contribution is 6.30. The fraction of sp³-hybridized carbons (Fsp3) is 0.429. The van der Waals surface area contributed by atoms with Crippen LogP contribution in [-0.4, -0.2) is 38.1 Å². The lowest BCUT2D eigenvalue weighted by Gasteiger charge is -2.18. The van der Waals surface area contributed by atoms with E-state index in [9.17, 15) is 9.90 Å². The van der Waals surface area contributed by atoms with Gasteiger partial charge in [0.1, 0.15) is 5.65 Å². The molecule has 6 heteroatoms. The third kappa shape index (κ3) is 2.70. The maximum Gasteiger partial charge on any atom is 0.258 e. The number of rotatable bonds is 2. The van der Waals surface area contributed by atoms with Crippen LogP contribution in [-0.2, 0) is 6.54 Å². The SMILES string of the molecule is CC1(O)CCN(Cc2cc(=O)n3cc(Cl)ccc3n2)C1. The van der Waals surface area contributed by atoms with Crippen molar-refractivity contribution >= 4 is 17.2 Å². The average molecular weight is 294 g/mol. The normalized spacial score (nSPS) is 23.6. The van der Waals surface area contributed by atoms with Crippen molar-refractivity contribution in [1.29, 1.82) is 0 Å². The molecule has 1 N–H and O–H groups in total. The Balaban J connectivity index is 1.90. The molecule has 2 aromatic heterocycles. The molecular weight excluding hydrogens is 278 g/mol. The average Bonchev–Trinajstić information content (AvgIpc) is 2.70. The summed E-state index contributed by atoms with van der Waals surface area (Å²) < 4.78 is 1.44. The molecule has 0 saturated carbocycles. The first kappa shape index (κ1) is 13.5. The Labute approximate surface area is 121 Å². The molecule has 0 radical (unpaired) electrons. The van der Waals surface area contributed by atoms with Crippen LogP contribution in [0, 0.1) is 0 Å². The molecule has 1 fully saturated rings. The lowest BCUT2D eigenvalue weighted by Crippen LogP contribution is -2.30. The highest BCUT2D eigenvalue weighted by atomic mass is 35.5. The summed E-state index contributed by atoms with van der Waals surface area (Å²) >= 11 is 5.88. The van der Waals surface area contributed by atoms with Crippen molar-refractivity contribution in [3.05, 3.63) is 45.5 Å². The summed E-state index contributed by atoms with van der Waals surface area (Å²) in [5, 5.41) is 10.5. The van der Waals surface area contributed by atoms with Gasteiger partial charge in [0.15, 0.2) is 0 Å². The Hall–Kier alpha value is -1.43. The van der Waals surface area contributed by atoms with Gasteiger partial charge in [-0.2, -0.15) is 0 Å². The van der Waals surface area contributed by atoms with Crippen LogP contribution in [0.3, 0.4) is 0 Å². The van der Waals surface area contributed by atoms with E-state index in [0.717, 1.165) is 18.7 Å². The third-order valence-electron chi connectivity index (χ3n) is 3.59. The zero-order valence-electron chi connectivity index (χ0n) is 11.2. The lowest BCUT2D eigenvalue weighted by atomic mass is 10.1. The van der Waals surface area contributed by atoms with Gasteiger partial charge in [-0.25, -0.2) is 4.98 Å². The molecule has 2 aromatic rings. The van der Waals surface area contributed by atoms with E-state index in [2.05, 4.69) is 9.88 Å².